The van der Waals surface area contributed by atoms with E-state index in [1.54, 1.807) is 12.1 Å². The lowest BCUT2D eigenvalue weighted by Gasteiger charge is -2.01. The number of pyridine rings is 1. The van der Waals surface area contributed by atoms with Gasteiger partial charge in [0.1, 0.15) is 0 Å². The maximum atomic E-state index is 11.1. The van der Waals surface area contributed by atoms with Crippen LogP contribution >= 0.6 is 26.6 Å². The lowest BCUT2D eigenvalue weighted by atomic mass is 10.5. The zero-order valence-corrected chi connectivity index (χ0v) is 11.0. The van der Waals surface area contributed by atoms with Gasteiger partial charge in [-0.05, 0) is 6.07 Å². The standard InChI is InChI=1S/C7H5BrClN3O3S/c1-15-6-3-4(8)2-5-10-7(11-12(5)6)16(9,13)14/h2-3H,1H3. The predicted octanol–water partition coefficient (Wildman–Crippen LogP) is 1.43. The molecule has 0 fully saturated rings. The van der Waals surface area contributed by atoms with Crippen LogP contribution < -0.4 is 4.74 Å². The lowest BCUT2D eigenvalue weighted by Crippen LogP contribution is -1.97. The van der Waals surface area contributed by atoms with Gasteiger partial charge in [0.25, 0.3) is 14.2 Å². The molecule has 0 saturated carbocycles. The van der Waals surface area contributed by atoms with Gasteiger partial charge in [-0.15, -0.1) is 5.10 Å². The SMILES string of the molecule is COc1cc(Br)cc2nc(S(=O)(=O)Cl)nn12. The Kier molecular flexibility index (Phi) is 2.81. The van der Waals surface area contributed by atoms with E-state index in [2.05, 4.69) is 26.0 Å². The normalized spacial score (nSPS) is 11.9. The highest BCUT2D eigenvalue weighted by Gasteiger charge is 2.18. The zero-order chi connectivity index (χ0) is 11.9. The topological polar surface area (TPSA) is 73.6 Å². The van der Waals surface area contributed by atoms with Gasteiger partial charge in [0.05, 0.1) is 7.11 Å². The first kappa shape index (κ1) is 11.6. The molecule has 0 N–H and O–H groups in total. The average Bonchev–Trinajstić information content (AvgIpc) is 2.59. The van der Waals surface area contributed by atoms with E-state index in [0.29, 0.717) is 16.0 Å². The summed E-state index contributed by atoms with van der Waals surface area (Å²) >= 11 is 3.24. The van der Waals surface area contributed by atoms with Gasteiger partial charge >= 0.3 is 0 Å². The third-order valence-corrected chi connectivity index (χ3v) is 3.26. The molecule has 0 spiro atoms. The second-order valence-electron chi connectivity index (χ2n) is 2.82. The van der Waals surface area contributed by atoms with Crippen LogP contribution in [0.15, 0.2) is 21.8 Å². The largest absolute Gasteiger partial charge is 0.481 e. The molecule has 0 saturated heterocycles. The third kappa shape index (κ3) is 2.00. The monoisotopic (exact) mass is 325 g/mol. The molecule has 0 atom stereocenters. The summed E-state index contributed by atoms with van der Waals surface area (Å²) in [5.41, 5.74) is 0.324. The van der Waals surface area contributed by atoms with Gasteiger partial charge in [0.2, 0.25) is 5.88 Å². The van der Waals surface area contributed by atoms with Crippen LogP contribution in [0.2, 0.25) is 0 Å². The van der Waals surface area contributed by atoms with E-state index < -0.39 is 14.2 Å². The number of hydrogen-bond acceptors (Lipinski definition) is 5. The lowest BCUT2D eigenvalue weighted by molar-refractivity contribution is 0.384. The fourth-order valence-corrected chi connectivity index (χ4v) is 2.13. The molecule has 0 aromatic carbocycles. The van der Waals surface area contributed by atoms with Crippen molar-refractivity contribution in [2.24, 2.45) is 0 Å². The number of hydrogen-bond donors (Lipinski definition) is 0. The molecule has 2 aromatic rings. The first-order chi connectivity index (χ1) is 7.41. The number of aromatic nitrogens is 3. The highest BCUT2D eigenvalue weighted by Crippen LogP contribution is 2.22. The van der Waals surface area contributed by atoms with Crippen molar-refractivity contribution in [1.82, 2.24) is 14.6 Å². The highest BCUT2D eigenvalue weighted by atomic mass is 79.9. The molecular weight excluding hydrogens is 322 g/mol. The number of methoxy groups -OCH3 is 1. The van der Waals surface area contributed by atoms with Gasteiger partial charge < -0.3 is 4.74 Å². The van der Waals surface area contributed by atoms with Crippen molar-refractivity contribution in [2.75, 3.05) is 7.11 Å². The molecule has 0 amide bonds. The summed E-state index contributed by atoms with van der Waals surface area (Å²) in [4.78, 5) is 3.78. The summed E-state index contributed by atoms with van der Waals surface area (Å²) < 4.78 is 29.1. The Morgan fingerprint density at radius 3 is 2.75 bits per heavy atom. The summed E-state index contributed by atoms with van der Waals surface area (Å²) in [5.74, 6) is 0.350. The molecule has 0 bridgehead atoms. The van der Waals surface area contributed by atoms with Crippen molar-refractivity contribution >= 4 is 41.3 Å². The van der Waals surface area contributed by atoms with Gasteiger partial charge in [-0.25, -0.2) is 8.42 Å². The molecule has 0 aliphatic rings. The summed E-state index contributed by atoms with van der Waals surface area (Å²) in [6.07, 6.45) is 0. The van der Waals surface area contributed by atoms with E-state index in [4.69, 9.17) is 15.4 Å². The van der Waals surface area contributed by atoms with E-state index in [0.717, 1.165) is 0 Å². The molecular formula is C7H5BrClN3O3S. The predicted molar refractivity (Wildman–Crippen MR) is 60.3 cm³/mol. The first-order valence-electron chi connectivity index (χ1n) is 3.97. The Balaban J connectivity index is 2.80. The molecule has 0 radical (unpaired) electrons. The van der Waals surface area contributed by atoms with Gasteiger partial charge in [0, 0.05) is 21.2 Å². The Morgan fingerprint density at radius 1 is 1.50 bits per heavy atom. The Hall–Kier alpha value is -0.860. The smallest absolute Gasteiger partial charge is 0.298 e. The van der Waals surface area contributed by atoms with Crippen molar-refractivity contribution < 1.29 is 13.2 Å². The number of halogens is 2. The Labute approximate surface area is 104 Å². The summed E-state index contributed by atoms with van der Waals surface area (Å²) in [6, 6.07) is 3.23. The molecule has 16 heavy (non-hydrogen) atoms. The minimum absolute atomic E-state index is 0.324. The molecule has 0 aliphatic carbocycles. The van der Waals surface area contributed by atoms with E-state index in [1.807, 2.05) is 0 Å². The molecule has 86 valence electrons. The fourth-order valence-electron chi connectivity index (χ4n) is 1.15. The van der Waals surface area contributed by atoms with E-state index in [9.17, 15) is 8.42 Å². The zero-order valence-electron chi connectivity index (χ0n) is 7.89. The Bertz CT molecular complexity index is 654. The van der Waals surface area contributed by atoms with Crippen molar-refractivity contribution in [3.05, 3.63) is 16.6 Å². The summed E-state index contributed by atoms with van der Waals surface area (Å²) in [6.45, 7) is 0. The van der Waals surface area contributed by atoms with Gasteiger partial charge in [0.15, 0.2) is 5.65 Å². The van der Waals surface area contributed by atoms with E-state index >= 15 is 0 Å². The molecule has 0 unspecified atom stereocenters. The minimum Gasteiger partial charge on any atom is -0.481 e. The van der Waals surface area contributed by atoms with E-state index in [1.165, 1.54) is 11.6 Å². The van der Waals surface area contributed by atoms with Crippen molar-refractivity contribution in [3.63, 3.8) is 0 Å². The van der Waals surface area contributed by atoms with Gasteiger partial charge in [-0.1, -0.05) is 15.9 Å². The molecule has 2 heterocycles. The summed E-state index contributed by atoms with van der Waals surface area (Å²) in [5, 5.41) is 3.28. The van der Waals surface area contributed by atoms with Crippen molar-refractivity contribution in [1.29, 1.82) is 0 Å². The van der Waals surface area contributed by atoms with Crippen molar-refractivity contribution in [2.45, 2.75) is 5.16 Å². The van der Waals surface area contributed by atoms with Crippen LogP contribution in [0.3, 0.4) is 0 Å². The van der Waals surface area contributed by atoms with E-state index in [-0.39, 0.29) is 0 Å². The maximum absolute atomic E-state index is 11.1. The van der Waals surface area contributed by atoms with Gasteiger partial charge in [-0.2, -0.15) is 9.50 Å². The van der Waals surface area contributed by atoms with Crippen molar-refractivity contribution in [3.8, 4) is 5.88 Å². The number of ether oxygens (including phenoxy) is 1. The van der Waals surface area contributed by atoms with Crippen LogP contribution in [0.1, 0.15) is 0 Å². The van der Waals surface area contributed by atoms with Crippen LogP contribution in [0.25, 0.3) is 5.65 Å². The number of rotatable bonds is 2. The van der Waals surface area contributed by atoms with Crippen LogP contribution in [0.5, 0.6) is 5.88 Å². The van der Waals surface area contributed by atoms with Crippen LogP contribution in [-0.2, 0) is 9.05 Å². The molecule has 2 rings (SSSR count). The number of fused-ring (bicyclic) bond motifs is 1. The number of nitrogens with zero attached hydrogens (tertiary/aromatic N) is 3. The quantitative estimate of drug-likeness (QED) is 0.781. The van der Waals surface area contributed by atoms with Crippen LogP contribution in [-0.4, -0.2) is 30.1 Å². The highest BCUT2D eigenvalue weighted by molar-refractivity contribution is 9.10. The first-order valence-corrected chi connectivity index (χ1v) is 7.07. The maximum Gasteiger partial charge on any atom is 0.298 e. The molecule has 0 aliphatic heterocycles. The summed E-state index contributed by atoms with van der Waals surface area (Å²) in [7, 11) is 2.64. The fraction of sp³-hybridized carbons (Fsp3) is 0.143. The second-order valence-corrected chi connectivity index (χ2v) is 6.19. The molecule has 6 nitrogen and oxygen atoms in total. The third-order valence-electron chi connectivity index (χ3n) is 1.78. The molecule has 9 heteroatoms. The van der Waals surface area contributed by atoms with Gasteiger partial charge in [-0.3, -0.25) is 0 Å². The molecule has 2 aromatic heterocycles. The minimum atomic E-state index is -3.94. The Morgan fingerprint density at radius 2 is 2.19 bits per heavy atom. The van der Waals surface area contributed by atoms with Crippen LogP contribution in [0, 0.1) is 0 Å². The average molecular weight is 327 g/mol. The second kappa shape index (κ2) is 3.86. The van der Waals surface area contributed by atoms with Crippen LogP contribution in [0.4, 0.5) is 0 Å².